The second kappa shape index (κ2) is 4.57. The third kappa shape index (κ3) is 2.06. The van der Waals surface area contributed by atoms with Crippen LogP contribution in [0.25, 0.3) is 5.65 Å². The average Bonchev–Trinajstić information content (AvgIpc) is 2.82. The SMILES string of the molecule is CC(C)c1cn2nc(N3CCOCC3)ccc2n1. The van der Waals surface area contributed by atoms with Crippen molar-refractivity contribution < 1.29 is 4.74 Å². The zero-order valence-corrected chi connectivity index (χ0v) is 10.8. The van der Waals surface area contributed by atoms with Crippen molar-refractivity contribution in [1.82, 2.24) is 14.6 Å². The lowest BCUT2D eigenvalue weighted by atomic mass is 10.2. The summed E-state index contributed by atoms with van der Waals surface area (Å²) in [6.07, 6.45) is 2.02. The third-order valence-corrected chi connectivity index (χ3v) is 3.25. The fourth-order valence-corrected chi connectivity index (χ4v) is 2.13. The van der Waals surface area contributed by atoms with Gasteiger partial charge in [0.1, 0.15) is 5.82 Å². The van der Waals surface area contributed by atoms with Gasteiger partial charge in [0, 0.05) is 13.1 Å². The Labute approximate surface area is 106 Å². The number of imidazole rings is 1. The second-order valence-electron chi connectivity index (χ2n) is 4.91. The maximum Gasteiger partial charge on any atom is 0.153 e. The molecule has 1 saturated heterocycles. The van der Waals surface area contributed by atoms with E-state index in [0.29, 0.717) is 5.92 Å². The van der Waals surface area contributed by atoms with Gasteiger partial charge >= 0.3 is 0 Å². The van der Waals surface area contributed by atoms with E-state index in [1.165, 1.54) is 0 Å². The van der Waals surface area contributed by atoms with Gasteiger partial charge < -0.3 is 9.64 Å². The van der Waals surface area contributed by atoms with Crippen molar-refractivity contribution in [2.75, 3.05) is 31.2 Å². The Morgan fingerprint density at radius 3 is 2.72 bits per heavy atom. The fourth-order valence-electron chi connectivity index (χ4n) is 2.13. The van der Waals surface area contributed by atoms with Gasteiger partial charge in [0.15, 0.2) is 5.65 Å². The summed E-state index contributed by atoms with van der Waals surface area (Å²) < 4.78 is 7.23. The molecule has 2 aromatic heterocycles. The van der Waals surface area contributed by atoms with Crippen molar-refractivity contribution in [3.63, 3.8) is 0 Å². The van der Waals surface area contributed by atoms with Gasteiger partial charge in [-0.1, -0.05) is 13.8 Å². The summed E-state index contributed by atoms with van der Waals surface area (Å²) in [6.45, 7) is 7.66. The van der Waals surface area contributed by atoms with Crippen molar-refractivity contribution in [2.24, 2.45) is 0 Å². The van der Waals surface area contributed by atoms with E-state index < -0.39 is 0 Å². The quantitative estimate of drug-likeness (QED) is 0.808. The molecule has 0 amide bonds. The van der Waals surface area contributed by atoms with Crippen LogP contribution in [0.2, 0.25) is 0 Å². The van der Waals surface area contributed by atoms with E-state index >= 15 is 0 Å². The minimum absolute atomic E-state index is 0.429. The summed E-state index contributed by atoms with van der Waals surface area (Å²) in [4.78, 5) is 6.80. The summed E-state index contributed by atoms with van der Waals surface area (Å²) in [5, 5.41) is 4.63. The number of hydrogen-bond donors (Lipinski definition) is 0. The predicted molar refractivity (Wildman–Crippen MR) is 70.1 cm³/mol. The molecule has 96 valence electrons. The smallest absolute Gasteiger partial charge is 0.153 e. The van der Waals surface area contributed by atoms with Gasteiger partial charge in [-0.25, -0.2) is 9.50 Å². The van der Waals surface area contributed by atoms with E-state index in [1.807, 2.05) is 22.8 Å². The van der Waals surface area contributed by atoms with Gasteiger partial charge in [-0.2, -0.15) is 0 Å². The Morgan fingerprint density at radius 2 is 2.00 bits per heavy atom. The maximum absolute atomic E-state index is 5.36. The number of hydrogen-bond acceptors (Lipinski definition) is 4. The van der Waals surface area contributed by atoms with Gasteiger partial charge in [-0.15, -0.1) is 5.10 Å². The number of nitrogens with zero attached hydrogens (tertiary/aromatic N) is 4. The van der Waals surface area contributed by atoms with Crippen LogP contribution in [0.3, 0.4) is 0 Å². The predicted octanol–water partition coefficient (Wildman–Crippen LogP) is 1.69. The molecular formula is C13H18N4O. The largest absolute Gasteiger partial charge is 0.378 e. The molecule has 18 heavy (non-hydrogen) atoms. The minimum atomic E-state index is 0.429. The zero-order chi connectivity index (χ0) is 12.5. The highest BCUT2D eigenvalue weighted by Gasteiger charge is 2.14. The number of anilines is 1. The molecule has 1 aliphatic heterocycles. The minimum Gasteiger partial charge on any atom is -0.378 e. The number of fused-ring (bicyclic) bond motifs is 1. The van der Waals surface area contributed by atoms with Gasteiger partial charge in [0.05, 0.1) is 25.1 Å². The van der Waals surface area contributed by atoms with Crippen molar-refractivity contribution in [1.29, 1.82) is 0 Å². The molecule has 0 radical (unpaired) electrons. The van der Waals surface area contributed by atoms with E-state index in [2.05, 4.69) is 28.8 Å². The molecule has 2 aromatic rings. The molecule has 0 spiro atoms. The van der Waals surface area contributed by atoms with Crippen LogP contribution in [0.4, 0.5) is 5.82 Å². The first-order chi connectivity index (χ1) is 8.74. The summed E-state index contributed by atoms with van der Waals surface area (Å²) >= 11 is 0. The first-order valence-electron chi connectivity index (χ1n) is 6.43. The Balaban J connectivity index is 1.94. The summed E-state index contributed by atoms with van der Waals surface area (Å²) in [5.41, 5.74) is 2.00. The molecule has 5 heteroatoms. The Hall–Kier alpha value is -1.62. The summed E-state index contributed by atoms with van der Waals surface area (Å²) in [6, 6.07) is 4.07. The van der Waals surface area contributed by atoms with Gasteiger partial charge in [-0.3, -0.25) is 0 Å². The molecule has 3 heterocycles. The maximum atomic E-state index is 5.36. The van der Waals surface area contributed by atoms with Crippen LogP contribution in [0.15, 0.2) is 18.3 Å². The van der Waals surface area contributed by atoms with Crippen LogP contribution in [-0.2, 0) is 4.74 Å². The lowest BCUT2D eigenvalue weighted by Crippen LogP contribution is -2.36. The molecule has 0 bridgehead atoms. The first kappa shape index (κ1) is 11.5. The number of aromatic nitrogens is 3. The number of rotatable bonds is 2. The zero-order valence-electron chi connectivity index (χ0n) is 10.8. The molecule has 0 aliphatic carbocycles. The van der Waals surface area contributed by atoms with Crippen molar-refractivity contribution in [3.05, 3.63) is 24.0 Å². The lowest BCUT2D eigenvalue weighted by Gasteiger charge is -2.27. The topological polar surface area (TPSA) is 42.7 Å². The van der Waals surface area contributed by atoms with Crippen molar-refractivity contribution >= 4 is 11.5 Å². The summed E-state index contributed by atoms with van der Waals surface area (Å²) in [7, 11) is 0. The Kier molecular flexibility index (Phi) is 2.91. The fraction of sp³-hybridized carbons (Fsp3) is 0.538. The average molecular weight is 246 g/mol. The molecule has 0 aromatic carbocycles. The lowest BCUT2D eigenvalue weighted by molar-refractivity contribution is 0.122. The van der Waals surface area contributed by atoms with Crippen LogP contribution in [0.1, 0.15) is 25.5 Å². The van der Waals surface area contributed by atoms with E-state index in [1.54, 1.807) is 0 Å². The molecule has 0 atom stereocenters. The van der Waals surface area contributed by atoms with Gasteiger partial charge in [0.25, 0.3) is 0 Å². The van der Waals surface area contributed by atoms with Crippen LogP contribution < -0.4 is 4.90 Å². The highest BCUT2D eigenvalue weighted by atomic mass is 16.5. The van der Waals surface area contributed by atoms with Crippen LogP contribution >= 0.6 is 0 Å². The van der Waals surface area contributed by atoms with Crippen LogP contribution in [0.5, 0.6) is 0 Å². The van der Waals surface area contributed by atoms with Gasteiger partial charge in [-0.05, 0) is 18.1 Å². The van der Waals surface area contributed by atoms with Crippen LogP contribution in [0, 0.1) is 0 Å². The van der Waals surface area contributed by atoms with Crippen LogP contribution in [-0.4, -0.2) is 40.9 Å². The molecule has 0 saturated carbocycles. The first-order valence-corrected chi connectivity index (χ1v) is 6.43. The Bertz CT molecular complexity index is 543. The van der Waals surface area contributed by atoms with Crippen molar-refractivity contribution in [2.45, 2.75) is 19.8 Å². The Morgan fingerprint density at radius 1 is 1.22 bits per heavy atom. The monoisotopic (exact) mass is 246 g/mol. The van der Waals surface area contributed by atoms with E-state index in [4.69, 9.17) is 4.74 Å². The molecule has 0 unspecified atom stereocenters. The molecule has 0 N–H and O–H groups in total. The van der Waals surface area contributed by atoms with E-state index in [9.17, 15) is 0 Å². The molecule has 1 fully saturated rings. The molecular weight excluding hydrogens is 228 g/mol. The highest BCUT2D eigenvalue weighted by molar-refractivity contribution is 5.47. The van der Waals surface area contributed by atoms with E-state index in [-0.39, 0.29) is 0 Å². The third-order valence-electron chi connectivity index (χ3n) is 3.25. The molecule has 5 nitrogen and oxygen atoms in total. The second-order valence-corrected chi connectivity index (χ2v) is 4.91. The molecule has 1 aliphatic rings. The van der Waals surface area contributed by atoms with Crippen molar-refractivity contribution in [3.8, 4) is 0 Å². The normalized spacial score (nSPS) is 16.7. The van der Waals surface area contributed by atoms with E-state index in [0.717, 1.165) is 43.5 Å². The highest BCUT2D eigenvalue weighted by Crippen LogP contribution is 2.17. The standard InChI is InChI=1S/C13H18N4O/c1-10(2)11-9-17-12(14-11)3-4-13(15-17)16-5-7-18-8-6-16/h3-4,9-10H,5-8H2,1-2H3. The number of morpholine rings is 1. The number of ether oxygens (including phenoxy) is 1. The summed E-state index contributed by atoms with van der Waals surface area (Å²) in [5.74, 6) is 1.43. The molecule has 3 rings (SSSR count). The van der Waals surface area contributed by atoms with Gasteiger partial charge in [0.2, 0.25) is 0 Å².